The Balaban J connectivity index is 3.21. The summed E-state index contributed by atoms with van der Waals surface area (Å²) in [5.41, 5.74) is 0. The molecule has 0 aromatic heterocycles. The Bertz CT molecular complexity index is 146. The molecule has 1 unspecified atom stereocenters. The van der Waals surface area contributed by atoms with Gasteiger partial charge in [0.05, 0.1) is 6.07 Å². The van der Waals surface area contributed by atoms with Crippen molar-refractivity contribution in [2.45, 2.75) is 71.6 Å². The van der Waals surface area contributed by atoms with Crippen molar-refractivity contribution in [2.24, 2.45) is 5.92 Å². The normalized spacial score (nSPS) is 12.4. The number of nitriles is 1. The first-order valence-electron chi connectivity index (χ1n) is 6.24. The minimum Gasteiger partial charge on any atom is -0.198 e. The van der Waals surface area contributed by atoms with Gasteiger partial charge in [0.25, 0.3) is 0 Å². The first-order valence-corrected chi connectivity index (χ1v) is 6.24. The van der Waals surface area contributed by atoms with Crippen LogP contribution in [-0.2, 0) is 0 Å². The van der Waals surface area contributed by atoms with Crippen LogP contribution in [0.25, 0.3) is 0 Å². The Labute approximate surface area is 89.5 Å². The van der Waals surface area contributed by atoms with E-state index in [1.807, 2.05) is 0 Å². The summed E-state index contributed by atoms with van der Waals surface area (Å²) in [6, 6.07) is 2.41. The van der Waals surface area contributed by atoms with E-state index in [1.165, 1.54) is 38.5 Å². The van der Waals surface area contributed by atoms with Gasteiger partial charge in [-0.15, -0.1) is 0 Å². The van der Waals surface area contributed by atoms with Gasteiger partial charge in [-0.3, -0.25) is 0 Å². The molecule has 0 N–H and O–H groups in total. The quantitative estimate of drug-likeness (QED) is 0.490. The molecule has 82 valence electrons. The highest BCUT2D eigenvalue weighted by Gasteiger charge is 2.04. The second-order valence-corrected chi connectivity index (χ2v) is 4.17. The van der Waals surface area contributed by atoms with Crippen molar-refractivity contribution in [3.8, 4) is 6.07 Å². The maximum absolute atomic E-state index is 8.85. The molecular formula is C13H25N. The minimum atomic E-state index is 0.325. The molecule has 0 aromatic rings. The molecule has 0 saturated heterocycles. The fraction of sp³-hybridized carbons (Fsp3) is 0.923. The van der Waals surface area contributed by atoms with Crippen molar-refractivity contribution in [3.05, 3.63) is 0 Å². The summed E-state index contributed by atoms with van der Waals surface area (Å²) in [4.78, 5) is 0. The summed E-state index contributed by atoms with van der Waals surface area (Å²) in [7, 11) is 0. The summed E-state index contributed by atoms with van der Waals surface area (Å²) >= 11 is 0. The molecule has 0 fully saturated rings. The van der Waals surface area contributed by atoms with Gasteiger partial charge in [0.1, 0.15) is 0 Å². The number of unbranched alkanes of at least 4 members (excludes halogenated alkanes) is 5. The second-order valence-electron chi connectivity index (χ2n) is 4.17. The average Bonchev–Trinajstić information content (AvgIpc) is 2.21. The summed E-state index contributed by atoms with van der Waals surface area (Å²) in [6.45, 7) is 4.40. The fourth-order valence-electron chi connectivity index (χ4n) is 1.79. The van der Waals surface area contributed by atoms with Crippen molar-refractivity contribution in [3.63, 3.8) is 0 Å². The largest absolute Gasteiger partial charge is 0.198 e. The van der Waals surface area contributed by atoms with Gasteiger partial charge in [0, 0.05) is 5.92 Å². The van der Waals surface area contributed by atoms with Gasteiger partial charge in [-0.2, -0.15) is 5.26 Å². The maximum atomic E-state index is 8.85. The summed E-state index contributed by atoms with van der Waals surface area (Å²) in [6.07, 6.45) is 11.4. The molecule has 0 amide bonds. The number of rotatable bonds is 9. The Morgan fingerprint density at radius 3 is 2.07 bits per heavy atom. The van der Waals surface area contributed by atoms with E-state index >= 15 is 0 Å². The summed E-state index contributed by atoms with van der Waals surface area (Å²) in [5, 5.41) is 8.85. The highest BCUT2D eigenvalue weighted by atomic mass is 14.3. The van der Waals surface area contributed by atoms with Gasteiger partial charge in [-0.25, -0.2) is 0 Å². The third-order valence-electron chi connectivity index (χ3n) is 2.73. The van der Waals surface area contributed by atoms with Gasteiger partial charge in [0.2, 0.25) is 0 Å². The lowest BCUT2D eigenvalue weighted by molar-refractivity contribution is 0.497. The lowest BCUT2D eigenvalue weighted by Gasteiger charge is -2.06. The van der Waals surface area contributed by atoms with Gasteiger partial charge in [0.15, 0.2) is 0 Å². The van der Waals surface area contributed by atoms with Gasteiger partial charge in [-0.05, 0) is 12.8 Å². The lowest BCUT2D eigenvalue weighted by atomic mass is 9.97. The third-order valence-corrected chi connectivity index (χ3v) is 2.73. The zero-order valence-electron chi connectivity index (χ0n) is 9.89. The van der Waals surface area contributed by atoms with E-state index in [0.717, 1.165) is 19.3 Å². The predicted octanol–water partition coefficient (Wildman–Crippen LogP) is 4.68. The molecule has 0 aromatic carbocycles. The summed E-state index contributed by atoms with van der Waals surface area (Å²) in [5.74, 6) is 0.325. The standard InChI is InChI=1S/C13H25N/c1-3-5-6-7-8-9-11-13(12-14)10-4-2/h13H,3-11H2,1-2H3. The van der Waals surface area contributed by atoms with Crippen molar-refractivity contribution in [1.82, 2.24) is 0 Å². The van der Waals surface area contributed by atoms with Crippen LogP contribution in [0.2, 0.25) is 0 Å². The van der Waals surface area contributed by atoms with Gasteiger partial charge < -0.3 is 0 Å². The molecule has 0 heterocycles. The highest BCUT2D eigenvalue weighted by molar-refractivity contribution is 4.81. The average molecular weight is 195 g/mol. The van der Waals surface area contributed by atoms with Crippen LogP contribution in [-0.4, -0.2) is 0 Å². The van der Waals surface area contributed by atoms with Gasteiger partial charge in [-0.1, -0.05) is 58.8 Å². The van der Waals surface area contributed by atoms with Gasteiger partial charge >= 0.3 is 0 Å². The molecular weight excluding hydrogens is 170 g/mol. The fourth-order valence-corrected chi connectivity index (χ4v) is 1.79. The van der Waals surface area contributed by atoms with E-state index in [1.54, 1.807) is 0 Å². The molecule has 1 nitrogen and oxygen atoms in total. The van der Waals surface area contributed by atoms with E-state index < -0.39 is 0 Å². The van der Waals surface area contributed by atoms with Crippen LogP contribution in [0.3, 0.4) is 0 Å². The van der Waals surface area contributed by atoms with E-state index in [2.05, 4.69) is 19.9 Å². The highest BCUT2D eigenvalue weighted by Crippen LogP contribution is 2.15. The topological polar surface area (TPSA) is 23.8 Å². The molecule has 0 rings (SSSR count). The first-order chi connectivity index (χ1) is 6.85. The first kappa shape index (κ1) is 13.5. The molecule has 0 aliphatic heterocycles. The van der Waals surface area contributed by atoms with Crippen LogP contribution in [0.1, 0.15) is 71.6 Å². The zero-order valence-corrected chi connectivity index (χ0v) is 9.89. The van der Waals surface area contributed by atoms with E-state index in [-0.39, 0.29) is 0 Å². The molecule has 0 saturated carbocycles. The summed E-state index contributed by atoms with van der Waals surface area (Å²) < 4.78 is 0. The monoisotopic (exact) mass is 195 g/mol. The number of hydrogen-bond donors (Lipinski definition) is 0. The Morgan fingerprint density at radius 1 is 0.857 bits per heavy atom. The van der Waals surface area contributed by atoms with Crippen LogP contribution in [0.15, 0.2) is 0 Å². The van der Waals surface area contributed by atoms with Crippen molar-refractivity contribution < 1.29 is 0 Å². The molecule has 0 aliphatic carbocycles. The Kier molecular flexibility index (Phi) is 10.2. The third kappa shape index (κ3) is 8.10. The minimum absolute atomic E-state index is 0.325. The van der Waals surface area contributed by atoms with Crippen LogP contribution in [0.5, 0.6) is 0 Å². The smallest absolute Gasteiger partial charge is 0.0655 e. The second kappa shape index (κ2) is 10.6. The molecule has 14 heavy (non-hydrogen) atoms. The Morgan fingerprint density at radius 2 is 1.50 bits per heavy atom. The van der Waals surface area contributed by atoms with E-state index in [9.17, 15) is 0 Å². The van der Waals surface area contributed by atoms with Crippen LogP contribution < -0.4 is 0 Å². The van der Waals surface area contributed by atoms with Crippen LogP contribution in [0.4, 0.5) is 0 Å². The van der Waals surface area contributed by atoms with E-state index in [0.29, 0.717) is 5.92 Å². The van der Waals surface area contributed by atoms with Crippen molar-refractivity contribution in [1.29, 1.82) is 5.26 Å². The number of hydrogen-bond acceptors (Lipinski definition) is 1. The molecule has 0 spiro atoms. The van der Waals surface area contributed by atoms with Crippen LogP contribution in [0, 0.1) is 17.2 Å². The Hall–Kier alpha value is -0.510. The lowest BCUT2D eigenvalue weighted by Crippen LogP contribution is -1.96. The molecule has 0 aliphatic rings. The van der Waals surface area contributed by atoms with E-state index in [4.69, 9.17) is 5.26 Å². The van der Waals surface area contributed by atoms with Crippen LogP contribution >= 0.6 is 0 Å². The molecule has 1 heteroatoms. The molecule has 0 radical (unpaired) electrons. The van der Waals surface area contributed by atoms with Crippen molar-refractivity contribution in [2.75, 3.05) is 0 Å². The predicted molar refractivity (Wildman–Crippen MR) is 62.0 cm³/mol. The molecule has 1 atom stereocenters. The maximum Gasteiger partial charge on any atom is 0.0655 e. The number of nitrogens with zero attached hydrogens (tertiary/aromatic N) is 1. The SMILES string of the molecule is CCCCCCCCC(C#N)CCC. The van der Waals surface area contributed by atoms with Crippen molar-refractivity contribution >= 4 is 0 Å². The molecule has 0 bridgehead atoms. The zero-order chi connectivity index (χ0) is 10.6.